The van der Waals surface area contributed by atoms with Gasteiger partial charge in [-0.3, -0.25) is 4.79 Å². The summed E-state index contributed by atoms with van der Waals surface area (Å²) in [4.78, 5) is 20.0. The summed E-state index contributed by atoms with van der Waals surface area (Å²) in [6.45, 7) is 0. The number of H-pyrrole nitrogens is 1. The summed E-state index contributed by atoms with van der Waals surface area (Å²) in [5, 5.41) is 0.417. The largest absolute Gasteiger partial charge is 0.309 e. The number of rotatable bonds is 1. The fourth-order valence-electron chi connectivity index (χ4n) is 2.91. The molecular formula is C14H20N2OS. The van der Waals surface area contributed by atoms with Crippen LogP contribution in [-0.4, -0.2) is 15.7 Å². The number of fused-ring (bicyclic) bond motifs is 1. The molecule has 1 aliphatic carbocycles. The third kappa shape index (κ3) is 2.48. The summed E-state index contributed by atoms with van der Waals surface area (Å²) in [5.74, 6) is 2.14. The molecule has 4 heteroatoms. The van der Waals surface area contributed by atoms with E-state index in [0.29, 0.717) is 5.25 Å². The van der Waals surface area contributed by atoms with Gasteiger partial charge in [-0.1, -0.05) is 12.8 Å². The van der Waals surface area contributed by atoms with Gasteiger partial charge in [-0.05, 0) is 44.3 Å². The number of nitrogens with one attached hydrogen (secondary N) is 1. The molecule has 18 heavy (non-hydrogen) atoms. The van der Waals surface area contributed by atoms with E-state index in [0.717, 1.165) is 42.8 Å². The van der Waals surface area contributed by atoms with Crippen LogP contribution in [0.3, 0.4) is 0 Å². The Labute approximate surface area is 112 Å². The molecule has 1 aliphatic heterocycles. The number of thioether (sulfide) groups is 1. The first-order valence-corrected chi connectivity index (χ1v) is 8.13. The molecular weight excluding hydrogens is 244 g/mol. The Hall–Kier alpha value is -0.770. The maximum atomic E-state index is 12.2. The Kier molecular flexibility index (Phi) is 3.73. The molecule has 3 nitrogen and oxygen atoms in total. The molecule has 1 unspecified atom stereocenters. The molecule has 3 rings (SSSR count). The van der Waals surface area contributed by atoms with Crippen LogP contribution in [0, 0.1) is 0 Å². The molecule has 2 heterocycles. The average Bonchev–Trinajstić information content (AvgIpc) is 2.65. The normalized spacial score (nSPS) is 24.3. The third-order valence-corrected chi connectivity index (χ3v) is 5.33. The summed E-state index contributed by atoms with van der Waals surface area (Å²) in [7, 11) is 0. The molecule has 1 atom stereocenters. The third-order valence-electron chi connectivity index (χ3n) is 3.94. The lowest BCUT2D eigenvalue weighted by Crippen LogP contribution is -2.21. The van der Waals surface area contributed by atoms with Crippen LogP contribution >= 0.6 is 11.8 Å². The van der Waals surface area contributed by atoms with Crippen molar-refractivity contribution >= 4 is 11.8 Å². The Balaban J connectivity index is 1.94. The van der Waals surface area contributed by atoms with E-state index >= 15 is 0 Å². The lowest BCUT2D eigenvalue weighted by molar-refractivity contribution is 0.653. The van der Waals surface area contributed by atoms with Gasteiger partial charge in [0.1, 0.15) is 5.82 Å². The first-order chi connectivity index (χ1) is 8.84. The van der Waals surface area contributed by atoms with Crippen LogP contribution in [0.15, 0.2) is 4.79 Å². The van der Waals surface area contributed by atoms with Crippen molar-refractivity contribution in [2.75, 3.05) is 5.75 Å². The van der Waals surface area contributed by atoms with E-state index in [4.69, 9.17) is 4.98 Å². The number of hydrogen-bond acceptors (Lipinski definition) is 3. The number of aromatic amines is 1. The summed E-state index contributed by atoms with van der Waals surface area (Å²) in [5.41, 5.74) is 2.16. The van der Waals surface area contributed by atoms with Crippen LogP contribution in [0.4, 0.5) is 0 Å². The van der Waals surface area contributed by atoms with Gasteiger partial charge in [-0.2, -0.15) is 11.8 Å². The second-order valence-electron chi connectivity index (χ2n) is 5.29. The highest BCUT2D eigenvalue weighted by atomic mass is 32.2. The minimum Gasteiger partial charge on any atom is -0.309 e. The summed E-state index contributed by atoms with van der Waals surface area (Å²) in [6, 6.07) is 0. The minimum atomic E-state index is 0.128. The van der Waals surface area contributed by atoms with E-state index in [1.807, 2.05) is 11.8 Å². The molecule has 0 saturated carbocycles. The fourth-order valence-corrected chi connectivity index (χ4v) is 4.17. The number of nitrogens with zero attached hydrogens (tertiary/aromatic N) is 1. The van der Waals surface area contributed by atoms with Crippen molar-refractivity contribution in [3.05, 3.63) is 27.4 Å². The number of aromatic nitrogens is 2. The van der Waals surface area contributed by atoms with Crippen molar-refractivity contribution in [1.82, 2.24) is 9.97 Å². The van der Waals surface area contributed by atoms with Gasteiger partial charge in [0, 0.05) is 5.56 Å². The standard InChI is InChI=1S/C14H20N2OS/c17-14-10-6-2-1-3-7-11(10)15-13(16-14)12-8-4-5-9-18-12/h12H,1-9H2,(H,15,16,17). The Morgan fingerprint density at radius 2 is 2.00 bits per heavy atom. The molecule has 1 N–H and O–H groups in total. The molecule has 0 amide bonds. The predicted octanol–water partition coefficient (Wildman–Crippen LogP) is 3.00. The van der Waals surface area contributed by atoms with Crippen molar-refractivity contribution in [1.29, 1.82) is 0 Å². The maximum absolute atomic E-state index is 12.2. The zero-order valence-corrected chi connectivity index (χ0v) is 11.5. The van der Waals surface area contributed by atoms with Gasteiger partial charge in [0.25, 0.3) is 5.56 Å². The Morgan fingerprint density at radius 3 is 2.83 bits per heavy atom. The summed E-state index contributed by atoms with van der Waals surface area (Å²) < 4.78 is 0. The molecule has 0 spiro atoms. The van der Waals surface area contributed by atoms with E-state index < -0.39 is 0 Å². The van der Waals surface area contributed by atoms with Crippen LogP contribution in [0.5, 0.6) is 0 Å². The van der Waals surface area contributed by atoms with Crippen molar-refractivity contribution in [3.8, 4) is 0 Å². The maximum Gasteiger partial charge on any atom is 0.254 e. The van der Waals surface area contributed by atoms with Crippen molar-refractivity contribution in [2.45, 2.75) is 56.6 Å². The molecule has 1 fully saturated rings. The highest BCUT2D eigenvalue weighted by Crippen LogP contribution is 2.36. The van der Waals surface area contributed by atoms with Gasteiger partial charge >= 0.3 is 0 Å². The van der Waals surface area contributed by atoms with Gasteiger partial charge in [0.2, 0.25) is 0 Å². The van der Waals surface area contributed by atoms with E-state index in [9.17, 15) is 4.79 Å². The van der Waals surface area contributed by atoms with Crippen LogP contribution in [-0.2, 0) is 12.8 Å². The molecule has 98 valence electrons. The highest BCUT2D eigenvalue weighted by molar-refractivity contribution is 7.99. The quantitative estimate of drug-likeness (QED) is 0.793. The fraction of sp³-hybridized carbons (Fsp3) is 0.714. The van der Waals surface area contributed by atoms with Gasteiger partial charge in [0.05, 0.1) is 10.9 Å². The zero-order chi connectivity index (χ0) is 12.4. The topological polar surface area (TPSA) is 45.8 Å². The van der Waals surface area contributed by atoms with Crippen LogP contribution in [0.2, 0.25) is 0 Å². The lowest BCUT2D eigenvalue weighted by atomic mass is 10.1. The zero-order valence-electron chi connectivity index (χ0n) is 10.7. The second-order valence-corrected chi connectivity index (χ2v) is 6.60. The highest BCUT2D eigenvalue weighted by Gasteiger charge is 2.21. The number of hydrogen-bond donors (Lipinski definition) is 1. The van der Waals surface area contributed by atoms with Crippen LogP contribution in [0.1, 0.15) is 60.9 Å². The molecule has 1 aromatic heterocycles. The van der Waals surface area contributed by atoms with Crippen LogP contribution < -0.4 is 5.56 Å². The van der Waals surface area contributed by atoms with E-state index in [1.54, 1.807) is 0 Å². The van der Waals surface area contributed by atoms with Crippen molar-refractivity contribution < 1.29 is 0 Å². The van der Waals surface area contributed by atoms with Gasteiger partial charge < -0.3 is 4.98 Å². The van der Waals surface area contributed by atoms with Gasteiger partial charge in [-0.15, -0.1) is 0 Å². The molecule has 2 aliphatic rings. The second kappa shape index (κ2) is 5.47. The van der Waals surface area contributed by atoms with Gasteiger partial charge in [-0.25, -0.2) is 4.98 Å². The first-order valence-electron chi connectivity index (χ1n) is 7.08. The number of aryl methyl sites for hydroxylation is 1. The lowest BCUT2D eigenvalue weighted by Gasteiger charge is -2.21. The average molecular weight is 264 g/mol. The monoisotopic (exact) mass is 264 g/mol. The predicted molar refractivity (Wildman–Crippen MR) is 75.2 cm³/mol. The molecule has 0 radical (unpaired) electrons. The molecule has 0 bridgehead atoms. The molecule has 0 aromatic carbocycles. The minimum absolute atomic E-state index is 0.128. The summed E-state index contributed by atoms with van der Waals surface area (Å²) in [6.07, 6.45) is 9.17. The van der Waals surface area contributed by atoms with Crippen molar-refractivity contribution in [3.63, 3.8) is 0 Å². The first kappa shape index (κ1) is 12.3. The Bertz CT molecular complexity index is 477. The molecule has 1 aromatic rings. The van der Waals surface area contributed by atoms with E-state index in [2.05, 4.69) is 4.98 Å². The molecule has 1 saturated heterocycles. The van der Waals surface area contributed by atoms with E-state index in [1.165, 1.54) is 31.4 Å². The summed E-state index contributed by atoms with van der Waals surface area (Å²) >= 11 is 1.95. The SMILES string of the molecule is O=c1[nH]c(C2CCCCS2)nc2c1CCCCC2. The smallest absolute Gasteiger partial charge is 0.254 e. The van der Waals surface area contributed by atoms with Crippen LogP contribution in [0.25, 0.3) is 0 Å². The van der Waals surface area contributed by atoms with E-state index in [-0.39, 0.29) is 5.56 Å². The van der Waals surface area contributed by atoms with Gasteiger partial charge in [0.15, 0.2) is 0 Å². The Morgan fingerprint density at radius 1 is 1.11 bits per heavy atom. The van der Waals surface area contributed by atoms with Crippen molar-refractivity contribution in [2.24, 2.45) is 0 Å².